The van der Waals surface area contributed by atoms with E-state index in [0.717, 1.165) is 0 Å². The molecule has 0 aliphatic carbocycles. The minimum atomic E-state index is -1.02. The predicted molar refractivity (Wildman–Crippen MR) is 52.5 cm³/mol. The Morgan fingerprint density at radius 2 is 2.21 bits per heavy atom. The zero-order valence-corrected chi connectivity index (χ0v) is 8.02. The predicted octanol–water partition coefficient (Wildman–Crippen LogP) is 0.703. The molecule has 0 amide bonds. The fraction of sp³-hybridized carbons (Fsp3) is 0.222. The van der Waals surface area contributed by atoms with Crippen LogP contribution in [0.4, 0.5) is 5.69 Å². The summed E-state index contributed by atoms with van der Waals surface area (Å²) in [6, 6.07) is 4.65. The largest absolute Gasteiger partial charge is 0.496 e. The van der Waals surface area contributed by atoms with Gasteiger partial charge in [0.25, 0.3) is 0 Å². The number of hydrazine groups is 1. The average Bonchev–Trinajstić information content (AvgIpc) is 2.16. The number of hydrogen-bond acceptors (Lipinski definition) is 4. The van der Waals surface area contributed by atoms with Gasteiger partial charge in [0.15, 0.2) is 0 Å². The standard InChI is InChI=1S/C9H12N2O3/c1-11(10)6-3-4-7(9(12)13)8(5-6)14-2/h3-5H,10H2,1-2H3,(H,12,13). The SMILES string of the molecule is COc1cc(N(C)N)ccc1C(=O)O. The van der Waals surface area contributed by atoms with Crippen molar-refractivity contribution in [1.82, 2.24) is 0 Å². The van der Waals surface area contributed by atoms with Crippen molar-refractivity contribution >= 4 is 11.7 Å². The first kappa shape index (κ1) is 10.3. The first-order valence-electron chi connectivity index (χ1n) is 3.96. The number of ether oxygens (including phenoxy) is 1. The molecule has 3 N–H and O–H groups in total. The summed E-state index contributed by atoms with van der Waals surface area (Å²) in [7, 11) is 3.08. The van der Waals surface area contributed by atoms with Gasteiger partial charge in [-0.25, -0.2) is 10.6 Å². The maximum atomic E-state index is 10.7. The molecule has 0 saturated carbocycles. The molecule has 14 heavy (non-hydrogen) atoms. The molecule has 0 saturated heterocycles. The minimum Gasteiger partial charge on any atom is -0.496 e. The normalized spacial score (nSPS) is 9.64. The fourth-order valence-corrected chi connectivity index (χ4v) is 1.08. The van der Waals surface area contributed by atoms with Gasteiger partial charge in [0.05, 0.1) is 12.8 Å². The van der Waals surface area contributed by atoms with Crippen LogP contribution in [0.1, 0.15) is 10.4 Å². The minimum absolute atomic E-state index is 0.123. The summed E-state index contributed by atoms with van der Waals surface area (Å²) in [6.45, 7) is 0. The third-order valence-corrected chi connectivity index (χ3v) is 1.82. The van der Waals surface area contributed by atoms with Crippen LogP contribution in [-0.2, 0) is 0 Å². The van der Waals surface area contributed by atoms with Crippen LogP contribution >= 0.6 is 0 Å². The van der Waals surface area contributed by atoms with Crippen LogP contribution in [0.3, 0.4) is 0 Å². The van der Waals surface area contributed by atoms with E-state index in [2.05, 4.69) is 0 Å². The fourth-order valence-electron chi connectivity index (χ4n) is 1.08. The Balaban J connectivity index is 3.18. The summed E-state index contributed by atoms with van der Waals surface area (Å²) >= 11 is 0. The summed E-state index contributed by atoms with van der Waals surface area (Å²) in [5, 5.41) is 10.2. The number of carbonyl (C=O) groups is 1. The number of carboxylic acids is 1. The van der Waals surface area contributed by atoms with E-state index in [4.69, 9.17) is 15.7 Å². The van der Waals surface area contributed by atoms with E-state index >= 15 is 0 Å². The molecule has 0 radical (unpaired) electrons. The molecule has 0 spiro atoms. The van der Waals surface area contributed by atoms with Crippen LogP contribution in [0.15, 0.2) is 18.2 Å². The highest BCUT2D eigenvalue weighted by Gasteiger charge is 2.11. The molecule has 0 aliphatic rings. The van der Waals surface area contributed by atoms with Gasteiger partial charge in [0, 0.05) is 13.1 Å². The quantitative estimate of drug-likeness (QED) is 0.549. The number of rotatable bonds is 3. The van der Waals surface area contributed by atoms with Gasteiger partial charge < -0.3 is 14.9 Å². The van der Waals surface area contributed by atoms with Crippen LogP contribution in [-0.4, -0.2) is 25.2 Å². The third kappa shape index (κ3) is 1.94. The van der Waals surface area contributed by atoms with Gasteiger partial charge in [-0.1, -0.05) is 0 Å². The van der Waals surface area contributed by atoms with Crippen molar-refractivity contribution in [3.8, 4) is 5.75 Å². The Labute approximate surface area is 81.7 Å². The van der Waals surface area contributed by atoms with Gasteiger partial charge in [-0.15, -0.1) is 0 Å². The highest BCUT2D eigenvalue weighted by molar-refractivity contribution is 5.91. The maximum Gasteiger partial charge on any atom is 0.339 e. The van der Waals surface area contributed by atoms with Gasteiger partial charge in [0.2, 0.25) is 0 Å². The summed E-state index contributed by atoms with van der Waals surface area (Å²) in [5.74, 6) is 4.77. The monoisotopic (exact) mass is 196 g/mol. The molecule has 76 valence electrons. The van der Waals surface area contributed by atoms with Crippen LogP contribution in [0.2, 0.25) is 0 Å². The first-order valence-corrected chi connectivity index (χ1v) is 3.96. The number of benzene rings is 1. The van der Waals surface area contributed by atoms with Crippen LogP contribution < -0.4 is 15.6 Å². The van der Waals surface area contributed by atoms with Gasteiger partial charge in [-0.2, -0.15) is 0 Å². The molecule has 0 bridgehead atoms. The van der Waals surface area contributed by atoms with Gasteiger partial charge >= 0.3 is 5.97 Å². The van der Waals surface area contributed by atoms with Crippen molar-refractivity contribution in [2.45, 2.75) is 0 Å². The Bertz CT molecular complexity index is 350. The second kappa shape index (κ2) is 3.97. The molecule has 0 aliphatic heterocycles. The number of methoxy groups -OCH3 is 1. The van der Waals surface area contributed by atoms with E-state index in [9.17, 15) is 4.79 Å². The average molecular weight is 196 g/mol. The number of aromatic carboxylic acids is 1. The summed E-state index contributed by atoms with van der Waals surface area (Å²) in [4.78, 5) is 10.7. The number of nitrogens with two attached hydrogens (primary N) is 1. The first-order chi connectivity index (χ1) is 6.56. The van der Waals surface area contributed by atoms with E-state index in [1.807, 2.05) is 0 Å². The topological polar surface area (TPSA) is 75.8 Å². The highest BCUT2D eigenvalue weighted by Crippen LogP contribution is 2.23. The number of hydrogen-bond donors (Lipinski definition) is 2. The summed E-state index contributed by atoms with van der Waals surface area (Å²) in [6.07, 6.45) is 0. The zero-order chi connectivity index (χ0) is 10.7. The van der Waals surface area contributed by atoms with Crippen molar-refractivity contribution in [1.29, 1.82) is 0 Å². The van der Waals surface area contributed by atoms with Crippen molar-refractivity contribution < 1.29 is 14.6 Å². The maximum absolute atomic E-state index is 10.7. The van der Waals surface area contributed by atoms with Gasteiger partial charge in [-0.05, 0) is 12.1 Å². The lowest BCUT2D eigenvalue weighted by atomic mass is 10.2. The van der Waals surface area contributed by atoms with Crippen LogP contribution in [0.5, 0.6) is 5.75 Å². The summed E-state index contributed by atoms with van der Waals surface area (Å²) in [5.41, 5.74) is 0.810. The van der Waals surface area contributed by atoms with Crippen LogP contribution in [0.25, 0.3) is 0 Å². The Hall–Kier alpha value is -1.75. The zero-order valence-electron chi connectivity index (χ0n) is 8.02. The van der Waals surface area contributed by atoms with E-state index < -0.39 is 5.97 Å². The molecule has 0 fully saturated rings. The Kier molecular flexibility index (Phi) is 2.93. The third-order valence-electron chi connectivity index (χ3n) is 1.82. The molecule has 1 rings (SSSR count). The van der Waals surface area contributed by atoms with E-state index in [-0.39, 0.29) is 5.56 Å². The molecule has 0 atom stereocenters. The number of carboxylic acid groups (broad SMARTS) is 1. The van der Waals surface area contributed by atoms with Gasteiger partial charge in [0.1, 0.15) is 11.3 Å². The molecule has 0 unspecified atom stereocenters. The molecule has 5 nitrogen and oxygen atoms in total. The van der Waals surface area contributed by atoms with Gasteiger partial charge in [-0.3, -0.25) is 0 Å². The molecular formula is C9H12N2O3. The summed E-state index contributed by atoms with van der Waals surface area (Å²) < 4.78 is 4.93. The lowest BCUT2D eigenvalue weighted by molar-refractivity contribution is 0.0693. The smallest absolute Gasteiger partial charge is 0.339 e. The lowest BCUT2D eigenvalue weighted by Gasteiger charge is -2.14. The van der Waals surface area contributed by atoms with Crippen molar-refractivity contribution in [2.75, 3.05) is 19.2 Å². The highest BCUT2D eigenvalue weighted by atomic mass is 16.5. The van der Waals surface area contributed by atoms with E-state index in [0.29, 0.717) is 11.4 Å². The second-order valence-electron chi connectivity index (χ2n) is 2.80. The van der Waals surface area contributed by atoms with E-state index in [1.165, 1.54) is 18.2 Å². The second-order valence-corrected chi connectivity index (χ2v) is 2.80. The molecule has 0 aromatic heterocycles. The van der Waals surface area contributed by atoms with Crippen molar-refractivity contribution in [2.24, 2.45) is 5.84 Å². The van der Waals surface area contributed by atoms with E-state index in [1.54, 1.807) is 19.2 Å². The molecule has 0 heterocycles. The van der Waals surface area contributed by atoms with Crippen molar-refractivity contribution in [3.05, 3.63) is 23.8 Å². The Morgan fingerprint density at radius 1 is 1.57 bits per heavy atom. The Morgan fingerprint density at radius 3 is 2.64 bits per heavy atom. The van der Waals surface area contributed by atoms with Crippen LogP contribution in [0, 0.1) is 0 Å². The number of anilines is 1. The lowest BCUT2D eigenvalue weighted by Crippen LogP contribution is -2.25. The molecule has 1 aromatic rings. The molecule has 1 aromatic carbocycles. The molecule has 5 heteroatoms. The molecular weight excluding hydrogens is 184 g/mol. The van der Waals surface area contributed by atoms with Crippen molar-refractivity contribution in [3.63, 3.8) is 0 Å². The number of nitrogens with zero attached hydrogens (tertiary/aromatic N) is 1.